The summed E-state index contributed by atoms with van der Waals surface area (Å²) in [5.41, 5.74) is 0. The van der Waals surface area contributed by atoms with E-state index in [0.29, 0.717) is 25.6 Å². The second-order valence-corrected chi connectivity index (χ2v) is 7.44. The van der Waals surface area contributed by atoms with Crippen molar-refractivity contribution >= 4 is 26.5 Å². The van der Waals surface area contributed by atoms with Gasteiger partial charge in [0.2, 0.25) is 0 Å². The summed E-state index contributed by atoms with van der Waals surface area (Å²) in [5, 5.41) is 8.55. The van der Waals surface area contributed by atoms with Crippen LogP contribution in [0, 0.1) is 0 Å². The zero-order valence-electron chi connectivity index (χ0n) is 11.4. The molecule has 0 fully saturated rings. The van der Waals surface area contributed by atoms with Crippen LogP contribution in [0.25, 0.3) is 0 Å². The Labute approximate surface area is 115 Å². The van der Waals surface area contributed by atoms with Crippen molar-refractivity contribution in [1.82, 2.24) is 0 Å². The van der Waals surface area contributed by atoms with Gasteiger partial charge in [0.05, 0.1) is 6.42 Å². The van der Waals surface area contributed by atoms with Gasteiger partial charge in [-0.1, -0.05) is 0 Å². The van der Waals surface area contributed by atoms with Crippen molar-refractivity contribution < 1.29 is 23.2 Å². The number of hydrogen-bond donors (Lipinski definition) is 1. The van der Waals surface area contributed by atoms with E-state index >= 15 is 0 Å². The quantitative estimate of drug-likeness (QED) is 0.440. The molecule has 0 saturated heterocycles. The molecule has 0 saturated carbocycles. The van der Waals surface area contributed by atoms with E-state index in [1.165, 1.54) is 0 Å². The van der Waals surface area contributed by atoms with Crippen molar-refractivity contribution in [3.8, 4) is 0 Å². The molecule has 108 valence electrons. The van der Waals surface area contributed by atoms with Gasteiger partial charge >= 0.3 is 14.8 Å². The number of carboxylic acids is 1. The molecule has 18 heavy (non-hydrogen) atoms. The van der Waals surface area contributed by atoms with Crippen LogP contribution in [0.1, 0.15) is 27.2 Å². The van der Waals surface area contributed by atoms with Crippen molar-refractivity contribution in [2.45, 2.75) is 33.2 Å². The van der Waals surface area contributed by atoms with E-state index in [4.69, 9.17) is 18.4 Å². The first-order valence-corrected chi connectivity index (χ1v) is 9.40. The zero-order chi connectivity index (χ0) is 13.9. The largest absolute Gasteiger partial charge is 0.501 e. The third kappa shape index (κ3) is 8.10. The van der Waals surface area contributed by atoms with E-state index < -0.39 is 14.8 Å². The van der Waals surface area contributed by atoms with Crippen molar-refractivity contribution in [3.05, 3.63) is 0 Å². The van der Waals surface area contributed by atoms with Crippen LogP contribution >= 0.6 is 11.8 Å². The summed E-state index contributed by atoms with van der Waals surface area (Å²) >= 11 is 1.60. The maximum absolute atomic E-state index is 10.4. The van der Waals surface area contributed by atoms with Gasteiger partial charge in [-0.15, -0.1) is 0 Å². The van der Waals surface area contributed by atoms with Crippen LogP contribution in [0.15, 0.2) is 0 Å². The first-order chi connectivity index (χ1) is 8.60. The Morgan fingerprint density at radius 1 is 1.06 bits per heavy atom. The zero-order valence-corrected chi connectivity index (χ0v) is 13.3. The molecular formula is C11H24O5SSi. The fraction of sp³-hybridized carbons (Fsp3) is 0.909. The van der Waals surface area contributed by atoms with Crippen molar-refractivity contribution in [1.29, 1.82) is 0 Å². The molecule has 0 aliphatic rings. The summed E-state index contributed by atoms with van der Waals surface area (Å²) in [7, 11) is -2.54. The predicted molar refractivity (Wildman–Crippen MR) is 75.0 cm³/mol. The first kappa shape index (κ1) is 17.9. The second-order valence-electron chi connectivity index (χ2n) is 3.49. The van der Waals surface area contributed by atoms with Gasteiger partial charge in [-0.3, -0.25) is 4.79 Å². The standard InChI is InChI=1S/C11H24O5SSi/c1-4-14-18(15-5-2,16-6-3)10-9-17-8-7-11(12)13/h4-10H2,1-3H3,(H,12,13). The number of aliphatic carboxylic acids is 1. The molecule has 0 aromatic rings. The number of rotatable bonds is 12. The monoisotopic (exact) mass is 296 g/mol. The lowest BCUT2D eigenvalue weighted by atomic mass is 10.5. The number of carbonyl (C=O) groups is 1. The highest BCUT2D eigenvalue weighted by Gasteiger charge is 2.39. The minimum absolute atomic E-state index is 0.192. The fourth-order valence-corrected chi connectivity index (χ4v) is 5.56. The molecule has 0 aliphatic carbocycles. The number of thioether (sulfide) groups is 1. The molecule has 0 aromatic carbocycles. The lowest BCUT2D eigenvalue weighted by Crippen LogP contribution is -2.46. The molecule has 5 nitrogen and oxygen atoms in total. The highest BCUT2D eigenvalue weighted by Crippen LogP contribution is 2.19. The SMILES string of the molecule is CCO[Si](CCSCCC(=O)O)(OCC)OCC. The third-order valence-corrected chi connectivity index (χ3v) is 6.50. The fourth-order valence-electron chi connectivity index (χ4n) is 1.46. The van der Waals surface area contributed by atoms with Crippen LogP contribution in [-0.2, 0) is 18.1 Å². The Bertz CT molecular complexity index is 210. The van der Waals surface area contributed by atoms with Gasteiger partial charge in [-0.2, -0.15) is 11.8 Å². The van der Waals surface area contributed by atoms with Gasteiger partial charge in [0.25, 0.3) is 0 Å². The van der Waals surface area contributed by atoms with Gasteiger partial charge in [-0.05, 0) is 26.5 Å². The third-order valence-electron chi connectivity index (χ3n) is 2.11. The molecule has 0 unspecified atom stereocenters. The van der Waals surface area contributed by atoms with Gasteiger partial charge in [0.15, 0.2) is 0 Å². The lowest BCUT2D eigenvalue weighted by molar-refractivity contribution is -0.136. The van der Waals surface area contributed by atoms with E-state index in [2.05, 4.69) is 0 Å². The van der Waals surface area contributed by atoms with Gasteiger partial charge < -0.3 is 18.4 Å². The van der Waals surface area contributed by atoms with Crippen molar-refractivity contribution in [2.24, 2.45) is 0 Å². The second kappa shape index (κ2) is 10.8. The van der Waals surface area contributed by atoms with E-state index in [1.54, 1.807) is 11.8 Å². The molecule has 0 aliphatic heterocycles. The molecule has 0 rings (SSSR count). The Morgan fingerprint density at radius 2 is 1.56 bits per heavy atom. The number of carboxylic acid groups (broad SMARTS) is 1. The molecule has 0 amide bonds. The van der Waals surface area contributed by atoms with Crippen LogP contribution in [0.4, 0.5) is 0 Å². The molecule has 0 atom stereocenters. The molecule has 7 heteroatoms. The highest BCUT2D eigenvalue weighted by molar-refractivity contribution is 7.99. The molecule has 0 radical (unpaired) electrons. The smallest absolute Gasteiger partial charge is 0.481 e. The Hall–Kier alpha value is -0.0831. The molecule has 0 bridgehead atoms. The average molecular weight is 296 g/mol. The number of hydrogen-bond acceptors (Lipinski definition) is 5. The molecule has 0 heterocycles. The van der Waals surface area contributed by atoms with Crippen molar-refractivity contribution in [2.75, 3.05) is 31.3 Å². The summed E-state index contributed by atoms with van der Waals surface area (Å²) in [4.78, 5) is 10.4. The van der Waals surface area contributed by atoms with Crippen LogP contribution in [-0.4, -0.2) is 51.2 Å². The highest BCUT2D eigenvalue weighted by atomic mass is 32.2. The summed E-state index contributed by atoms with van der Waals surface area (Å²) < 4.78 is 17.1. The van der Waals surface area contributed by atoms with E-state index in [-0.39, 0.29) is 6.42 Å². The molecular weight excluding hydrogens is 272 g/mol. The predicted octanol–water partition coefficient (Wildman–Crippen LogP) is 2.24. The summed E-state index contributed by atoms with van der Waals surface area (Å²) in [6.07, 6.45) is 0.192. The summed E-state index contributed by atoms with van der Waals surface area (Å²) in [5.74, 6) is 0.661. The van der Waals surface area contributed by atoms with Crippen molar-refractivity contribution in [3.63, 3.8) is 0 Å². The minimum atomic E-state index is -2.54. The Balaban J connectivity index is 4.08. The Kier molecular flexibility index (Phi) is 10.8. The van der Waals surface area contributed by atoms with E-state index in [0.717, 1.165) is 11.8 Å². The van der Waals surface area contributed by atoms with E-state index in [1.807, 2.05) is 20.8 Å². The van der Waals surface area contributed by atoms with Crippen LogP contribution in [0.2, 0.25) is 6.04 Å². The molecule has 0 aromatic heterocycles. The van der Waals surface area contributed by atoms with Gasteiger partial charge in [0, 0.05) is 31.6 Å². The van der Waals surface area contributed by atoms with Crippen LogP contribution in [0.3, 0.4) is 0 Å². The lowest BCUT2D eigenvalue weighted by Gasteiger charge is -2.28. The summed E-state index contributed by atoms with van der Waals surface area (Å²) in [6, 6.07) is 0.729. The van der Waals surface area contributed by atoms with Crippen LogP contribution < -0.4 is 0 Å². The average Bonchev–Trinajstić information content (AvgIpc) is 2.29. The maximum Gasteiger partial charge on any atom is 0.501 e. The Morgan fingerprint density at radius 3 is 1.94 bits per heavy atom. The normalized spacial score (nSPS) is 11.7. The minimum Gasteiger partial charge on any atom is -0.481 e. The summed E-state index contributed by atoms with van der Waals surface area (Å²) in [6.45, 7) is 7.51. The van der Waals surface area contributed by atoms with E-state index in [9.17, 15) is 4.79 Å². The van der Waals surface area contributed by atoms with Gasteiger partial charge in [-0.25, -0.2) is 0 Å². The first-order valence-electron chi connectivity index (χ1n) is 6.31. The molecule has 1 N–H and O–H groups in total. The maximum atomic E-state index is 10.4. The van der Waals surface area contributed by atoms with Gasteiger partial charge in [0.1, 0.15) is 0 Å². The topological polar surface area (TPSA) is 65.0 Å². The molecule has 0 spiro atoms. The van der Waals surface area contributed by atoms with Crippen LogP contribution in [0.5, 0.6) is 0 Å².